The third-order valence-electron chi connectivity index (χ3n) is 9.89. The molecule has 0 amide bonds. The molecule has 0 aliphatic rings. The van der Waals surface area contributed by atoms with Crippen molar-refractivity contribution in [3.05, 3.63) is 158 Å². The molecular weight excluding hydrogens is 629 g/mol. The fraction of sp³-hybridized carbons (Fsp3) is 0. The second kappa shape index (κ2) is 10.7. The van der Waals surface area contributed by atoms with Gasteiger partial charge in [0.15, 0.2) is 11.6 Å². The largest absolute Gasteiger partial charge is 0.456 e. The van der Waals surface area contributed by atoms with Gasteiger partial charge in [-0.15, -0.1) is 0 Å². The van der Waals surface area contributed by atoms with Crippen molar-refractivity contribution in [3.8, 4) is 39.9 Å². The third kappa shape index (κ3) is 4.20. The zero-order valence-corrected chi connectivity index (χ0v) is 27.1. The molecule has 0 saturated carbocycles. The Balaban J connectivity index is 1.20. The van der Waals surface area contributed by atoms with Gasteiger partial charge in [0.1, 0.15) is 22.3 Å². The van der Waals surface area contributed by atoms with E-state index in [1.807, 2.05) is 72.8 Å². The van der Waals surface area contributed by atoms with Crippen molar-refractivity contribution in [2.75, 3.05) is 0 Å². The van der Waals surface area contributed by atoms with Gasteiger partial charge in [-0.2, -0.15) is 9.97 Å². The molecule has 7 aromatic carbocycles. The van der Waals surface area contributed by atoms with Crippen LogP contribution in [0.1, 0.15) is 0 Å². The van der Waals surface area contributed by atoms with Crippen LogP contribution in [-0.2, 0) is 0 Å². The molecule has 0 radical (unpaired) electrons. The standard InChI is InChI=1S/C45H26N4O2/c1-2-12-27(13-3-1)43-46-44(48-45(47-43)49-35-19-7-4-14-30(35)31-15-5-8-20-36(31)49)33-18-11-23-40-42(33)41-29(17-10-22-39(41)51-40)28-24-25-38-34(26-28)32-16-6-9-21-37(32)50-38/h1-26H. The van der Waals surface area contributed by atoms with E-state index in [0.717, 1.165) is 87.9 Å². The molecule has 0 aliphatic heterocycles. The number of aromatic nitrogens is 4. The summed E-state index contributed by atoms with van der Waals surface area (Å²) in [5.41, 5.74) is 9.29. The lowest BCUT2D eigenvalue weighted by Gasteiger charge is -2.12. The Kier molecular flexibility index (Phi) is 5.86. The summed E-state index contributed by atoms with van der Waals surface area (Å²) in [7, 11) is 0. The summed E-state index contributed by atoms with van der Waals surface area (Å²) in [6.07, 6.45) is 0. The monoisotopic (exact) mass is 654 g/mol. The van der Waals surface area contributed by atoms with Crippen LogP contribution in [0.4, 0.5) is 0 Å². The zero-order valence-electron chi connectivity index (χ0n) is 27.1. The van der Waals surface area contributed by atoms with E-state index in [1.54, 1.807) is 0 Å². The highest BCUT2D eigenvalue weighted by Gasteiger charge is 2.22. The average molecular weight is 655 g/mol. The summed E-state index contributed by atoms with van der Waals surface area (Å²) in [4.78, 5) is 15.6. The lowest BCUT2D eigenvalue weighted by molar-refractivity contribution is 0.669. The first kappa shape index (κ1) is 27.9. The van der Waals surface area contributed by atoms with Gasteiger partial charge in [-0.3, -0.25) is 4.57 Å². The van der Waals surface area contributed by atoms with Gasteiger partial charge >= 0.3 is 0 Å². The van der Waals surface area contributed by atoms with Crippen LogP contribution in [0, 0.1) is 0 Å². The van der Waals surface area contributed by atoms with E-state index in [0.29, 0.717) is 17.6 Å². The van der Waals surface area contributed by atoms with Gasteiger partial charge in [-0.05, 0) is 53.6 Å². The van der Waals surface area contributed by atoms with Gasteiger partial charge in [0.05, 0.1) is 11.0 Å². The second-order valence-electron chi connectivity index (χ2n) is 12.8. The van der Waals surface area contributed by atoms with Crippen LogP contribution in [-0.4, -0.2) is 19.5 Å². The lowest BCUT2D eigenvalue weighted by Crippen LogP contribution is -2.06. The molecular formula is C45H26N4O2. The zero-order chi connectivity index (χ0) is 33.5. The number of fused-ring (bicyclic) bond motifs is 9. The van der Waals surface area contributed by atoms with E-state index in [4.69, 9.17) is 23.8 Å². The smallest absolute Gasteiger partial charge is 0.238 e. The van der Waals surface area contributed by atoms with E-state index in [1.165, 1.54) is 0 Å². The molecule has 51 heavy (non-hydrogen) atoms. The first-order valence-electron chi connectivity index (χ1n) is 16.9. The number of furan rings is 2. The molecule has 0 aliphatic carbocycles. The van der Waals surface area contributed by atoms with Gasteiger partial charge in [0, 0.05) is 43.4 Å². The topological polar surface area (TPSA) is 69.9 Å². The molecule has 238 valence electrons. The van der Waals surface area contributed by atoms with E-state index in [9.17, 15) is 0 Å². The second-order valence-corrected chi connectivity index (χ2v) is 12.8. The van der Waals surface area contributed by atoms with Crippen molar-refractivity contribution >= 4 is 65.7 Å². The molecule has 0 fully saturated rings. The minimum atomic E-state index is 0.554. The van der Waals surface area contributed by atoms with Gasteiger partial charge in [-0.25, -0.2) is 4.98 Å². The van der Waals surface area contributed by atoms with Crippen molar-refractivity contribution in [1.82, 2.24) is 19.5 Å². The van der Waals surface area contributed by atoms with Crippen molar-refractivity contribution < 1.29 is 8.83 Å². The van der Waals surface area contributed by atoms with Gasteiger partial charge in [0.2, 0.25) is 5.95 Å². The molecule has 0 spiro atoms. The van der Waals surface area contributed by atoms with E-state index in [2.05, 4.69) is 89.5 Å². The molecule has 11 rings (SSSR count). The average Bonchev–Trinajstić information content (AvgIpc) is 3.87. The molecule has 6 nitrogen and oxygen atoms in total. The summed E-state index contributed by atoms with van der Waals surface area (Å²) in [5.74, 6) is 1.72. The predicted molar refractivity (Wildman–Crippen MR) is 205 cm³/mol. The van der Waals surface area contributed by atoms with Crippen molar-refractivity contribution in [2.45, 2.75) is 0 Å². The minimum Gasteiger partial charge on any atom is -0.456 e. The van der Waals surface area contributed by atoms with Crippen LogP contribution >= 0.6 is 0 Å². The fourth-order valence-corrected chi connectivity index (χ4v) is 7.63. The number of nitrogens with zero attached hydrogens (tertiary/aromatic N) is 4. The SMILES string of the molecule is c1ccc(-c2nc(-c3cccc4oc5cccc(-c6ccc7oc8ccccc8c7c6)c5c34)nc(-n3c4ccccc4c4ccccc43)n2)cc1. The maximum Gasteiger partial charge on any atom is 0.238 e. The number of rotatable bonds is 4. The highest BCUT2D eigenvalue weighted by Crippen LogP contribution is 2.42. The summed E-state index contributed by atoms with van der Waals surface area (Å²) in [6.45, 7) is 0. The number of hydrogen-bond acceptors (Lipinski definition) is 5. The molecule has 6 heteroatoms. The van der Waals surface area contributed by atoms with Crippen LogP contribution in [0.25, 0.3) is 106 Å². The first-order valence-corrected chi connectivity index (χ1v) is 16.9. The fourth-order valence-electron chi connectivity index (χ4n) is 7.63. The molecule has 0 saturated heterocycles. The Morgan fingerprint density at radius 1 is 0.373 bits per heavy atom. The van der Waals surface area contributed by atoms with Gasteiger partial charge in [0.25, 0.3) is 0 Å². The molecule has 4 aromatic heterocycles. The Bertz CT molecular complexity index is 3100. The maximum atomic E-state index is 6.56. The molecule has 0 unspecified atom stereocenters. The molecule has 4 heterocycles. The molecule has 11 aromatic rings. The summed E-state index contributed by atoms with van der Waals surface area (Å²) in [6, 6.07) is 53.8. The van der Waals surface area contributed by atoms with Gasteiger partial charge in [-0.1, -0.05) is 115 Å². The predicted octanol–water partition coefficient (Wildman–Crippen LogP) is 11.8. The van der Waals surface area contributed by atoms with Crippen LogP contribution in [0.3, 0.4) is 0 Å². The molecule has 0 bridgehead atoms. The number of hydrogen-bond donors (Lipinski definition) is 0. The van der Waals surface area contributed by atoms with Crippen molar-refractivity contribution in [1.29, 1.82) is 0 Å². The summed E-state index contributed by atoms with van der Waals surface area (Å²) < 4.78 is 14.9. The Morgan fingerprint density at radius 2 is 0.941 bits per heavy atom. The molecule has 0 atom stereocenters. The number of para-hydroxylation sites is 3. The van der Waals surface area contributed by atoms with Gasteiger partial charge < -0.3 is 8.83 Å². The summed E-state index contributed by atoms with van der Waals surface area (Å²) in [5, 5.41) is 6.43. The van der Waals surface area contributed by atoms with Crippen molar-refractivity contribution in [2.24, 2.45) is 0 Å². The highest BCUT2D eigenvalue weighted by atomic mass is 16.3. The van der Waals surface area contributed by atoms with Crippen LogP contribution < -0.4 is 0 Å². The van der Waals surface area contributed by atoms with Crippen LogP contribution in [0.5, 0.6) is 0 Å². The highest BCUT2D eigenvalue weighted by molar-refractivity contribution is 6.18. The maximum absolute atomic E-state index is 6.56. The van der Waals surface area contributed by atoms with E-state index in [-0.39, 0.29) is 0 Å². The van der Waals surface area contributed by atoms with Crippen LogP contribution in [0.15, 0.2) is 167 Å². The number of benzene rings is 7. The van der Waals surface area contributed by atoms with E-state index >= 15 is 0 Å². The van der Waals surface area contributed by atoms with E-state index < -0.39 is 0 Å². The molecule has 0 N–H and O–H groups in total. The summed E-state index contributed by atoms with van der Waals surface area (Å²) >= 11 is 0. The minimum absolute atomic E-state index is 0.554. The first-order chi connectivity index (χ1) is 25.3. The lowest BCUT2D eigenvalue weighted by atomic mass is 9.96. The van der Waals surface area contributed by atoms with Crippen LogP contribution in [0.2, 0.25) is 0 Å². The van der Waals surface area contributed by atoms with Crippen molar-refractivity contribution in [3.63, 3.8) is 0 Å². The Labute approximate surface area is 290 Å². The third-order valence-corrected chi connectivity index (χ3v) is 9.89. The quantitative estimate of drug-likeness (QED) is 0.189. The Morgan fingerprint density at radius 3 is 1.71 bits per heavy atom. The normalized spacial score (nSPS) is 11.9. The Hall–Kier alpha value is -7.05.